The van der Waals surface area contributed by atoms with Crippen molar-refractivity contribution in [3.8, 4) is 11.1 Å². The van der Waals surface area contributed by atoms with Crippen molar-refractivity contribution in [2.45, 2.75) is 19.8 Å². The van der Waals surface area contributed by atoms with Gasteiger partial charge in [0.05, 0.1) is 18.2 Å². The first kappa shape index (κ1) is 18.5. The lowest BCUT2D eigenvalue weighted by Crippen LogP contribution is -2.15. The van der Waals surface area contributed by atoms with Gasteiger partial charge < -0.3 is 4.74 Å². The number of ether oxygens (including phenoxy) is 1. The Labute approximate surface area is 158 Å². The van der Waals surface area contributed by atoms with Gasteiger partial charge in [0, 0.05) is 11.1 Å². The number of carbonyl (C=O) groups excluding carboxylic acids is 2. The topological polar surface area (TPSA) is 56.3 Å². The van der Waals surface area contributed by atoms with Gasteiger partial charge in [0.25, 0.3) is 0 Å². The van der Waals surface area contributed by atoms with Crippen LogP contribution in [0, 0.1) is 0 Å². The minimum atomic E-state index is -0.503. The Morgan fingerprint density at radius 3 is 2.19 bits per heavy atom. The molecule has 0 aliphatic rings. The van der Waals surface area contributed by atoms with Gasteiger partial charge in [0.15, 0.2) is 5.78 Å². The molecular formula is C23H21NO3. The molecule has 4 heteroatoms. The zero-order valence-corrected chi connectivity index (χ0v) is 15.4. The molecule has 2 aromatic carbocycles. The van der Waals surface area contributed by atoms with Crippen LogP contribution in [-0.2, 0) is 4.74 Å². The number of benzene rings is 2. The molecule has 0 spiro atoms. The van der Waals surface area contributed by atoms with Crippen molar-refractivity contribution >= 4 is 11.8 Å². The van der Waals surface area contributed by atoms with Gasteiger partial charge in [0.1, 0.15) is 5.69 Å². The number of nitrogens with zero attached hydrogens (tertiary/aromatic N) is 1. The van der Waals surface area contributed by atoms with Gasteiger partial charge in [-0.15, -0.1) is 0 Å². The van der Waals surface area contributed by atoms with Gasteiger partial charge >= 0.3 is 5.97 Å². The summed E-state index contributed by atoms with van der Waals surface area (Å²) >= 11 is 0. The quantitative estimate of drug-likeness (QED) is 0.463. The molecule has 0 amide bonds. The van der Waals surface area contributed by atoms with Crippen molar-refractivity contribution in [3.63, 3.8) is 0 Å². The van der Waals surface area contributed by atoms with E-state index in [2.05, 4.69) is 4.98 Å². The Bertz CT molecular complexity index is 936. The van der Waals surface area contributed by atoms with Crippen LogP contribution in [0.3, 0.4) is 0 Å². The number of hydrogen-bond acceptors (Lipinski definition) is 4. The number of esters is 1. The number of aromatic nitrogens is 1. The van der Waals surface area contributed by atoms with Crippen LogP contribution in [0.4, 0.5) is 0 Å². The average Bonchev–Trinajstić information content (AvgIpc) is 2.73. The van der Waals surface area contributed by atoms with Gasteiger partial charge in [-0.1, -0.05) is 66.7 Å². The maximum absolute atomic E-state index is 13.0. The molecule has 0 aliphatic carbocycles. The van der Waals surface area contributed by atoms with Crippen LogP contribution in [0.15, 0.2) is 72.8 Å². The highest BCUT2D eigenvalue weighted by Gasteiger charge is 2.24. The fourth-order valence-corrected chi connectivity index (χ4v) is 2.96. The molecule has 3 aromatic rings. The number of rotatable bonds is 6. The molecule has 136 valence electrons. The number of Topliss-reactive ketones (excluding diaryl/α,β-unsaturated/α-hetero) is 1. The molecule has 0 radical (unpaired) electrons. The van der Waals surface area contributed by atoms with Crippen LogP contribution < -0.4 is 0 Å². The van der Waals surface area contributed by atoms with E-state index in [1.165, 1.54) is 0 Å². The lowest BCUT2D eigenvalue weighted by molar-refractivity contribution is 0.0518. The summed E-state index contributed by atoms with van der Waals surface area (Å²) in [5.74, 6) is -1.03. The van der Waals surface area contributed by atoms with Crippen LogP contribution in [0.2, 0.25) is 0 Å². The van der Waals surface area contributed by atoms with Gasteiger partial charge in [0.2, 0.25) is 0 Å². The van der Waals surface area contributed by atoms with Crippen LogP contribution in [0.25, 0.3) is 11.1 Å². The largest absolute Gasteiger partial charge is 0.461 e. The zero-order valence-electron chi connectivity index (χ0n) is 15.4. The van der Waals surface area contributed by atoms with Crippen molar-refractivity contribution in [2.75, 3.05) is 6.61 Å². The molecule has 0 N–H and O–H groups in total. The van der Waals surface area contributed by atoms with E-state index in [0.29, 0.717) is 11.3 Å². The van der Waals surface area contributed by atoms with E-state index in [-0.39, 0.29) is 18.1 Å². The zero-order chi connectivity index (χ0) is 19.2. The van der Waals surface area contributed by atoms with E-state index in [9.17, 15) is 9.59 Å². The Morgan fingerprint density at radius 1 is 0.926 bits per heavy atom. The number of ketones is 1. The molecular weight excluding hydrogens is 338 g/mol. The number of pyridine rings is 1. The molecule has 0 fully saturated rings. The average molecular weight is 359 g/mol. The molecule has 0 saturated carbocycles. The van der Waals surface area contributed by atoms with Crippen LogP contribution >= 0.6 is 0 Å². The molecule has 1 aromatic heterocycles. The third-order valence-corrected chi connectivity index (χ3v) is 4.36. The number of carbonyl (C=O) groups is 2. The molecule has 1 atom stereocenters. The summed E-state index contributed by atoms with van der Waals surface area (Å²) in [4.78, 5) is 29.6. The standard InChI is InChI=1S/C23H21NO3/c1-3-27-23(26)20-15-14-19(17-10-6-4-7-11-17)21(24-20)16(2)22(25)18-12-8-5-9-13-18/h4-16H,3H2,1-2H3. The first-order chi connectivity index (χ1) is 13.1. The van der Waals surface area contributed by atoms with Crippen LogP contribution in [-0.4, -0.2) is 23.3 Å². The van der Waals surface area contributed by atoms with E-state index in [1.807, 2.05) is 61.5 Å². The fraction of sp³-hybridized carbons (Fsp3) is 0.174. The summed E-state index contributed by atoms with van der Waals surface area (Å²) in [6.07, 6.45) is 0. The van der Waals surface area contributed by atoms with E-state index < -0.39 is 11.9 Å². The minimum Gasteiger partial charge on any atom is -0.461 e. The second-order valence-electron chi connectivity index (χ2n) is 6.17. The van der Waals surface area contributed by atoms with Gasteiger partial charge in [-0.25, -0.2) is 9.78 Å². The van der Waals surface area contributed by atoms with Crippen molar-refractivity contribution in [1.29, 1.82) is 0 Å². The highest BCUT2D eigenvalue weighted by molar-refractivity contribution is 6.01. The molecule has 1 heterocycles. The maximum atomic E-state index is 13.0. The summed E-state index contributed by atoms with van der Waals surface area (Å²) < 4.78 is 5.07. The molecule has 3 rings (SSSR count). The normalized spacial score (nSPS) is 11.6. The lowest BCUT2D eigenvalue weighted by atomic mass is 9.90. The monoisotopic (exact) mass is 359 g/mol. The van der Waals surface area contributed by atoms with Gasteiger partial charge in [-0.3, -0.25) is 4.79 Å². The van der Waals surface area contributed by atoms with Crippen molar-refractivity contribution in [3.05, 3.63) is 89.7 Å². The fourth-order valence-electron chi connectivity index (χ4n) is 2.96. The molecule has 0 aliphatic heterocycles. The molecule has 1 unspecified atom stereocenters. The SMILES string of the molecule is CCOC(=O)c1ccc(-c2ccccc2)c(C(C)C(=O)c2ccccc2)n1. The summed E-state index contributed by atoms with van der Waals surface area (Å²) in [5.41, 5.74) is 3.18. The highest BCUT2D eigenvalue weighted by Crippen LogP contribution is 2.30. The maximum Gasteiger partial charge on any atom is 0.356 e. The second kappa shape index (κ2) is 8.41. The summed E-state index contributed by atoms with van der Waals surface area (Å²) in [5, 5.41) is 0. The second-order valence-corrected chi connectivity index (χ2v) is 6.17. The predicted molar refractivity (Wildman–Crippen MR) is 105 cm³/mol. The van der Waals surface area contributed by atoms with Crippen molar-refractivity contribution in [1.82, 2.24) is 4.98 Å². The molecule has 0 bridgehead atoms. The van der Waals surface area contributed by atoms with E-state index in [0.717, 1.165) is 11.1 Å². The Hall–Kier alpha value is -3.27. The van der Waals surface area contributed by atoms with Crippen molar-refractivity contribution in [2.24, 2.45) is 0 Å². The van der Waals surface area contributed by atoms with Gasteiger partial charge in [-0.05, 0) is 25.5 Å². The van der Waals surface area contributed by atoms with E-state index in [4.69, 9.17) is 4.74 Å². The van der Waals surface area contributed by atoms with Gasteiger partial charge in [-0.2, -0.15) is 0 Å². The minimum absolute atomic E-state index is 0.0405. The predicted octanol–water partition coefficient (Wildman–Crippen LogP) is 4.91. The van der Waals surface area contributed by atoms with E-state index >= 15 is 0 Å². The first-order valence-corrected chi connectivity index (χ1v) is 8.94. The van der Waals surface area contributed by atoms with E-state index in [1.54, 1.807) is 25.1 Å². The molecule has 27 heavy (non-hydrogen) atoms. The Kier molecular flexibility index (Phi) is 5.77. The van der Waals surface area contributed by atoms with Crippen molar-refractivity contribution < 1.29 is 14.3 Å². The highest BCUT2D eigenvalue weighted by atomic mass is 16.5. The summed E-state index contributed by atoms with van der Waals surface area (Å²) in [7, 11) is 0. The molecule has 0 saturated heterocycles. The summed E-state index contributed by atoms with van der Waals surface area (Å²) in [6.45, 7) is 3.84. The number of hydrogen-bond donors (Lipinski definition) is 0. The smallest absolute Gasteiger partial charge is 0.356 e. The first-order valence-electron chi connectivity index (χ1n) is 8.94. The lowest BCUT2D eigenvalue weighted by Gasteiger charge is -2.16. The Balaban J connectivity index is 2.08. The Morgan fingerprint density at radius 2 is 1.56 bits per heavy atom. The van der Waals surface area contributed by atoms with Crippen LogP contribution in [0.5, 0.6) is 0 Å². The third kappa shape index (κ3) is 4.11. The van der Waals surface area contributed by atoms with Crippen LogP contribution in [0.1, 0.15) is 46.3 Å². The third-order valence-electron chi connectivity index (χ3n) is 4.36. The summed E-state index contributed by atoms with van der Waals surface area (Å²) in [6, 6.07) is 22.3. The molecule has 4 nitrogen and oxygen atoms in total.